The quantitative estimate of drug-likeness (QED) is 0.543. The van der Waals surface area contributed by atoms with E-state index in [0.29, 0.717) is 36.1 Å². The summed E-state index contributed by atoms with van der Waals surface area (Å²) >= 11 is 0. The average Bonchev–Trinajstić information content (AvgIpc) is 2.81. The zero-order valence-corrected chi connectivity index (χ0v) is 19.6. The molecule has 2 rings (SSSR count). The molecule has 0 aromatic heterocycles. The largest absolute Gasteiger partial charge is 0.497 e. The number of hydrogen-bond donors (Lipinski definition) is 1. The number of carbonyl (C=O) groups is 2. The lowest BCUT2D eigenvalue weighted by Crippen LogP contribution is -2.50. The lowest BCUT2D eigenvalue weighted by molar-refractivity contribution is -0.143. The van der Waals surface area contributed by atoms with E-state index in [1.807, 2.05) is 45.0 Å². The van der Waals surface area contributed by atoms with Crippen molar-refractivity contribution in [1.29, 1.82) is 0 Å². The van der Waals surface area contributed by atoms with Crippen LogP contribution in [-0.2, 0) is 16.1 Å². The van der Waals surface area contributed by atoms with Gasteiger partial charge in [0.05, 0.1) is 14.2 Å². The Bertz CT molecular complexity index is 867. The number of nitrogens with zero attached hydrogens (tertiary/aromatic N) is 1. The van der Waals surface area contributed by atoms with Crippen LogP contribution in [0.2, 0.25) is 0 Å². The second-order valence-corrected chi connectivity index (χ2v) is 7.90. The molecule has 0 radical (unpaired) electrons. The second-order valence-electron chi connectivity index (χ2n) is 7.90. The van der Waals surface area contributed by atoms with Gasteiger partial charge < -0.3 is 24.4 Å². The highest BCUT2D eigenvalue weighted by Gasteiger charge is 2.29. The zero-order chi connectivity index (χ0) is 23.5. The summed E-state index contributed by atoms with van der Waals surface area (Å²) in [6.07, 6.45) is 0.488. The fourth-order valence-electron chi connectivity index (χ4n) is 3.21. The standard InChI is InChI=1S/C25H34N2O5/c1-6-23(25(29)26-15-18(2)3)27(16-19-8-7-9-22(14-19)31-5)24(28)17-32-21-12-10-20(30-4)11-13-21/h7-14,18,23H,6,15-17H2,1-5H3,(H,26,29)/t23-/m0/s1. The van der Waals surface area contributed by atoms with Crippen molar-refractivity contribution in [1.82, 2.24) is 10.2 Å². The number of ether oxygens (including phenoxy) is 3. The van der Waals surface area contributed by atoms with E-state index in [-0.39, 0.29) is 25.0 Å². The predicted molar refractivity (Wildman–Crippen MR) is 124 cm³/mol. The van der Waals surface area contributed by atoms with Crippen LogP contribution in [-0.4, -0.2) is 50.1 Å². The molecule has 0 saturated heterocycles. The molecule has 0 saturated carbocycles. The Kier molecular flexibility index (Phi) is 9.85. The molecule has 1 N–H and O–H groups in total. The van der Waals surface area contributed by atoms with E-state index in [9.17, 15) is 9.59 Å². The molecule has 0 bridgehead atoms. The molecule has 0 aliphatic carbocycles. The first-order valence-electron chi connectivity index (χ1n) is 10.8. The molecule has 7 nitrogen and oxygen atoms in total. The number of methoxy groups -OCH3 is 2. The zero-order valence-electron chi connectivity index (χ0n) is 19.6. The molecule has 0 aliphatic rings. The summed E-state index contributed by atoms with van der Waals surface area (Å²) in [5.74, 6) is 1.84. The Balaban J connectivity index is 2.19. The van der Waals surface area contributed by atoms with Crippen LogP contribution in [0.4, 0.5) is 0 Å². The first-order valence-corrected chi connectivity index (χ1v) is 10.8. The van der Waals surface area contributed by atoms with Crippen molar-refractivity contribution in [3.8, 4) is 17.2 Å². The summed E-state index contributed by atoms with van der Waals surface area (Å²) in [7, 11) is 3.18. The molecule has 7 heteroatoms. The van der Waals surface area contributed by atoms with E-state index < -0.39 is 6.04 Å². The summed E-state index contributed by atoms with van der Waals surface area (Å²) in [6, 6.07) is 13.9. The van der Waals surface area contributed by atoms with E-state index in [1.54, 1.807) is 43.4 Å². The van der Waals surface area contributed by atoms with Gasteiger partial charge in [-0.05, 0) is 54.3 Å². The van der Waals surface area contributed by atoms with Gasteiger partial charge in [-0.1, -0.05) is 32.9 Å². The molecule has 0 heterocycles. The van der Waals surface area contributed by atoms with Gasteiger partial charge in [0.1, 0.15) is 23.3 Å². The maximum atomic E-state index is 13.2. The van der Waals surface area contributed by atoms with Crippen LogP contribution in [0.3, 0.4) is 0 Å². The van der Waals surface area contributed by atoms with Crippen molar-refractivity contribution in [2.75, 3.05) is 27.4 Å². The number of rotatable bonds is 12. The maximum Gasteiger partial charge on any atom is 0.261 e. The maximum absolute atomic E-state index is 13.2. The molecule has 32 heavy (non-hydrogen) atoms. The van der Waals surface area contributed by atoms with Gasteiger partial charge in [0.2, 0.25) is 5.91 Å². The molecular formula is C25H34N2O5. The Morgan fingerprint density at radius 2 is 1.62 bits per heavy atom. The van der Waals surface area contributed by atoms with Crippen LogP contribution < -0.4 is 19.5 Å². The second kappa shape index (κ2) is 12.6. The van der Waals surface area contributed by atoms with E-state index in [0.717, 1.165) is 5.56 Å². The topological polar surface area (TPSA) is 77.1 Å². The smallest absolute Gasteiger partial charge is 0.261 e. The van der Waals surface area contributed by atoms with Crippen molar-refractivity contribution in [2.24, 2.45) is 5.92 Å². The van der Waals surface area contributed by atoms with E-state index >= 15 is 0 Å². The summed E-state index contributed by atoms with van der Waals surface area (Å²) in [4.78, 5) is 27.7. The molecule has 1 atom stereocenters. The monoisotopic (exact) mass is 442 g/mol. The number of hydrogen-bond acceptors (Lipinski definition) is 5. The van der Waals surface area contributed by atoms with Gasteiger partial charge in [0.15, 0.2) is 6.61 Å². The number of amides is 2. The van der Waals surface area contributed by atoms with Gasteiger partial charge in [-0.2, -0.15) is 0 Å². The first kappa shape index (κ1) is 25.0. The Labute approximate surface area is 190 Å². The number of carbonyl (C=O) groups excluding carboxylic acids is 2. The van der Waals surface area contributed by atoms with Gasteiger partial charge in [-0.15, -0.1) is 0 Å². The molecular weight excluding hydrogens is 408 g/mol. The van der Waals surface area contributed by atoms with E-state index in [1.165, 1.54) is 0 Å². The summed E-state index contributed by atoms with van der Waals surface area (Å²) in [5.41, 5.74) is 0.872. The van der Waals surface area contributed by atoms with Crippen molar-refractivity contribution >= 4 is 11.8 Å². The van der Waals surface area contributed by atoms with Gasteiger partial charge in [-0.3, -0.25) is 9.59 Å². The Hall–Kier alpha value is -3.22. The van der Waals surface area contributed by atoms with Crippen molar-refractivity contribution < 1.29 is 23.8 Å². The molecule has 0 aliphatic heterocycles. The molecule has 2 aromatic carbocycles. The van der Waals surface area contributed by atoms with Crippen LogP contribution in [0.1, 0.15) is 32.8 Å². The SMILES string of the molecule is CC[C@@H](C(=O)NCC(C)C)N(Cc1cccc(OC)c1)C(=O)COc1ccc(OC)cc1. The third kappa shape index (κ3) is 7.48. The molecule has 0 spiro atoms. The van der Waals surface area contributed by atoms with Crippen molar-refractivity contribution in [3.63, 3.8) is 0 Å². The third-order valence-electron chi connectivity index (χ3n) is 4.98. The highest BCUT2D eigenvalue weighted by molar-refractivity contribution is 5.88. The third-order valence-corrected chi connectivity index (χ3v) is 4.98. The molecule has 0 fully saturated rings. The van der Waals surface area contributed by atoms with Crippen molar-refractivity contribution in [2.45, 2.75) is 39.8 Å². The summed E-state index contributed by atoms with van der Waals surface area (Å²) < 4.78 is 16.1. The van der Waals surface area contributed by atoms with Gasteiger partial charge in [0.25, 0.3) is 5.91 Å². The van der Waals surface area contributed by atoms with E-state index in [2.05, 4.69) is 5.32 Å². The first-order chi connectivity index (χ1) is 15.4. The lowest BCUT2D eigenvalue weighted by atomic mass is 10.1. The summed E-state index contributed by atoms with van der Waals surface area (Å²) in [5, 5.41) is 2.95. The predicted octanol–water partition coefficient (Wildman–Crippen LogP) is 3.66. The lowest BCUT2D eigenvalue weighted by Gasteiger charge is -2.31. The van der Waals surface area contributed by atoms with Crippen LogP contribution in [0.5, 0.6) is 17.2 Å². The normalized spacial score (nSPS) is 11.6. The minimum Gasteiger partial charge on any atom is -0.497 e. The molecule has 174 valence electrons. The Morgan fingerprint density at radius 3 is 2.22 bits per heavy atom. The number of benzene rings is 2. The molecule has 2 aromatic rings. The highest BCUT2D eigenvalue weighted by Crippen LogP contribution is 2.19. The van der Waals surface area contributed by atoms with Gasteiger partial charge in [0, 0.05) is 13.1 Å². The molecule has 0 unspecified atom stereocenters. The van der Waals surface area contributed by atoms with E-state index in [4.69, 9.17) is 14.2 Å². The van der Waals surface area contributed by atoms with Crippen molar-refractivity contribution in [3.05, 3.63) is 54.1 Å². The highest BCUT2D eigenvalue weighted by atomic mass is 16.5. The van der Waals surface area contributed by atoms with Gasteiger partial charge >= 0.3 is 0 Å². The fourth-order valence-corrected chi connectivity index (χ4v) is 3.21. The number of nitrogens with one attached hydrogen (secondary N) is 1. The Morgan fingerprint density at radius 1 is 0.969 bits per heavy atom. The summed E-state index contributed by atoms with van der Waals surface area (Å²) in [6.45, 7) is 6.61. The van der Waals surface area contributed by atoms with Crippen LogP contribution in [0.25, 0.3) is 0 Å². The fraction of sp³-hybridized carbons (Fsp3) is 0.440. The minimum atomic E-state index is -0.605. The van der Waals surface area contributed by atoms with Crippen LogP contribution in [0, 0.1) is 5.92 Å². The van der Waals surface area contributed by atoms with Crippen LogP contribution >= 0.6 is 0 Å². The van der Waals surface area contributed by atoms with Crippen LogP contribution in [0.15, 0.2) is 48.5 Å². The minimum absolute atomic E-state index is 0.165. The molecule has 2 amide bonds. The van der Waals surface area contributed by atoms with Gasteiger partial charge in [-0.25, -0.2) is 0 Å². The average molecular weight is 443 g/mol.